The first-order valence-electron chi connectivity index (χ1n) is 14.1. The second kappa shape index (κ2) is 13.4. The first kappa shape index (κ1) is 28.3. The Morgan fingerprint density at radius 3 is 2.17 bits per heavy atom. The van der Waals surface area contributed by atoms with Gasteiger partial charge in [-0.1, -0.05) is 98.3 Å². The second-order valence-corrected chi connectivity index (χ2v) is 10.3. The van der Waals surface area contributed by atoms with Crippen LogP contribution in [0.25, 0.3) is 23.3 Å². The first-order chi connectivity index (χ1) is 20.1. The van der Waals surface area contributed by atoms with Gasteiger partial charge in [0.25, 0.3) is 0 Å². The van der Waals surface area contributed by atoms with Crippen molar-refractivity contribution in [1.82, 2.24) is 0 Å². The minimum absolute atomic E-state index is 0.219. The summed E-state index contributed by atoms with van der Waals surface area (Å²) in [5.74, 6) is -0.263. The van der Waals surface area contributed by atoms with Crippen LogP contribution in [0.15, 0.2) is 91.0 Å². The molecule has 0 amide bonds. The van der Waals surface area contributed by atoms with Crippen LogP contribution in [0.2, 0.25) is 0 Å². The average Bonchev–Trinajstić information content (AvgIpc) is 3.15. The largest absolute Gasteiger partial charge is 0.491 e. The Hall–Kier alpha value is -4.19. The van der Waals surface area contributed by atoms with E-state index in [2.05, 4.69) is 79.7 Å². The molecule has 0 saturated carbocycles. The van der Waals surface area contributed by atoms with Gasteiger partial charge in [0.05, 0.1) is 6.61 Å². The van der Waals surface area contributed by atoms with Crippen LogP contribution >= 0.6 is 0 Å². The van der Waals surface area contributed by atoms with Crippen LogP contribution in [-0.2, 0) is 27.1 Å². The van der Waals surface area contributed by atoms with Crippen molar-refractivity contribution in [3.63, 3.8) is 0 Å². The molecule has 5 nitrogen and oxygen atoms in total. The summed E-state index contributed by atoms with van der Waals surface area (Å²) >= 11 is 0. The number of carboxylic acid groups (broad SMARTS) is 1. The molecule has 5 heteroatoms. The number of aliphatic carboxylic acids is 1. The van der Waals surface area contributed by atoms with Gasteiger partial charge in [-0.05, 0) is 69.1 Å². The van der Waals surface area contributed by atoms with Gasteiger partial charge in [-0.2, -0.15) is 0 Å². The van der Waals surface area contributed by atoms with Gasteiger partial charge in [-0.3, -0.25) is 0 Å². The van der Waals surface area contributed by atoms with Crippen LogP contribution in [0.5, 0.6) is 5.75 Å². The number of aryl methyl sites for hydroxylation is 1. The maximum absolute atomic E-state index is 11.2. The molecule has 4 aromatic rings. The van der Waals surface area contributed by atoms with Crippen molar-refractivity contribution in [2.75, 3.05) is 20.3 Å². The molecule has 1 aliphatic carbocycles. The highest BCUT2D eigenvalue weighted by Crippen LogP contribution is 2.38. The van der Waals surface area contributed by atoms with E-state index in [-0.39, 0.29) is 6.10 Å². The van der Waals surface area contributed by atoms with Crippen molar-refractivity contribution >= 4 is 18.1 Å². The van der Waals surface area contributed by atoms with Crippen molar-refractivity contribution in [2.24, 2.45) is 0 Å². The number of rotatable bonds is 12. The van der Waals surface area contributed by atoms with Crippen molar-refractivity contribution in [1.29, 1.82) is 0 Å². The molecule has 0 spiro atoms. The highest BCUT2D eigenvalue weighted by atomic mass is 16.5. The lowest BCUT2D eigenvalue weighted by Gasteiger charge is -2.22. The molecule has 0 radical (unpaired) electrons. The van der Waals surface area contributed by atoms with Gasteiger partial charge >= 0.3 is 5.97 Å². The van der Waals surface area contributed by atoms with Crippen LogP contribution in [-0.4, -0.2) is 37.5 Å². The third kappa shape index (κ3) is 6.94. The summed E-state index contributed by atoms with van der Waals surface area (Å²) in [5, 5.41) is 9.22. The fourth-order valence-corrected chi connectivity index (χ4v) is 5.28. The highest BCUT2D eigenvalue weighted by Gasteiger charge is 2.23. The predicted molar refractivity (Wildman–Crippen MR) is 163 cm³/mol. The summed E-state index contributed by atoms with van der Waals surface area (Å²) < 4.78 is 17.6. The standard InChI is InChI=1S/C36H36O5/c1-3-7-25-12-18-32-29(22-25)13-14-30-24-28(27-8-5-4-6-9-27)15-19-33(30)35(32)41-21-20-40-31-16-10-26(11-17-31)23-34(39-2)36(37)38/h4-6,8-19,22,24,34-35H,3,7,20-21,23H2,1-2H3,(H,37,38). The van der Waals surface area contributed by atoms with Gasteiger partial charge in [0.1, 0.15) is 18.5 Å². The number of hydrogen-bond donors (Lipinski definition) is 1. The van der Waals surface area contributed by atoms with Gasteiger partial charge in [-0.15, -0.1) is 0 Å². The van der Waals surface area contributed by atoms with E-state index in [0.29, 0.717) is 25.4 Å². The predicted octanol–water partition coefficient (Wildman–Crippen LogP) is 7.62. The van der Waals surface area contributed by atoms with E-state index < -0.39 is 12.1 Å². The number of carboxylic acids is 1. The lowest BCUT2D eigenvalue weighted by Crippen LogP contribution is -2.24. The molecule has 2 atom stereocenters. The molecule has 41 heavy (non-hydrogen) atoms. The van der Waals surface area contributed by atoms with Crippen LogP contribution in [0, 0.1) is 0 Å². The summed E-state index contributed by atoms with van der Waals surface area (Å²) in [4.78, 5) is 11.2. The maximum atomic E-state index is 11.2. The smallest absolute Gasteiger partial charge is 0.333 e. The Bertz CT molecular complexity index is 1490. The summed E-state index contributed by atoms with van der Waals surface area (Å²) in [5.41, 5.74) is 9.20. The number of carbonyl (C=O) groups is 1. The molecule has 0 aromatic heterocycles. The van der Waals surface area contributed by atoms with E-state index in [4.69, 9.17) is 14.2 Å². The minimum Gasteiger partial charge on any atom is -0.491 e. The second-order valence-electron chi connectivity index (χ2n) is 10.3. The molecule has 4 aromatic carbocycles. The Kier molecular flexibility index (Phi) is 9.29. The molecular weight excluding hydrogens is 512 g/mol. The van der Waals surface area contributed by atoms with Crippen molar-refractivity contribution < 1.29 is 24.1 Å². The highest BCUT2D eigenvalue weighted by molar-refractivity contribution is 5.79. The van der Waals surface area contributed by atoms with Gasteiger partial charge in [0.2, 0.25) is 0 Å². The number of hydrogen-bond acceptors (Lipinski definition) is 4. The third-order valence-corrected chi connectivity index (χ3v) is 7.43. The molecule has 1 aliphatic rings. The number of ether oxygens (including phenoxy) is 3. The fourth-order valence-electron chi connectivity index (χ4n) is 5.28. The summed E-state index contributed by atoms with van der Waals surface area (Å²) in [7, 11) is 1.41. The molecule has 0 bridgehead atoms. The topological polar surface area (TPSA) is 65.0 Å². The van der Waals surface area contributed by atoms with Crippen LogP contribution in [0.1, 0.15) is 52.8 Å². The molecule has 210 valence electrons. The Morgan fingerprint density at radius 2 is 1.49 bits per heavy atom. The molecular formula is C36H36O5. The lowest BCUT2D eigenvalue weighted by atomic mass is 9.92. The minimum atomic E-state index is -0.972. The molecule has 2 unspecified atom stereocenters. The fraction of sp³-hybridized carbons (Fsp3) is 0.250. The zero-order chi connectivity index (χ0) is 28.6. The van der Waals surface area contributed by atoms with Crippen LogP contribution in [0.3, 0.4) is 0 Å². The Labute approximate surface area is 242 Å². The lowest BCUT2D eigenvalue weighted by molar-refractivity contribution is -0.148. The normalized spacial score (nSPS) is 14.5. The molecule has 0 aliphatic heterocycles. The van der Waals surface area contributed by atoms with Crippen molar-refractivity contribution in [3.05, 3.63) is 124 Å². The monoisotopic (exact) mass is 548 g/mol. The van der Waals surface area contributed by atoms with Gasteiger partial charge in [0.15, 0.2) is 6.10 Å². The first-order valence-corrected chi connectivity index (χ1v) is 14.1. The SMILES string of the molecule is CCCc1ccc2c(c1)C=Cc1cc(-c3ccccc3)ccc1C2OCCOc1ccc(CC(OC)C(=O)O)cc1. The third-order valence-electron chi connectivity index (χ3n) is 7.43. The van der Waals surface area contributed by atoms with Crippen LogP contribution < -0.4 is 4.74 Å². The number of benzene rings is 4. The molecule has 0 fully saturated rings. The quantitative estimate of drug-likeness (QED) is 0.185. The van der Waals surface area contributed by atoms with Crippen molar-refractivity contribution in [2.45, 2.75) is 38.4 Å². The Morgan fingerprint density at radius 1 is 0.805 bits per heavy atom. The number of methoxy groups -OCH3 is 1. The van der Waals surface area contributed by atoms with E-state index in [1.54, 1.807) is 0 Å². The van der Waals surface area contributed by atoms with E-state index in [1.807, 2.05) is 30.3 Å². The van der Waals surface area contributed by atoms with Gasteiger partial charge in [-0.25, -0.2) is 4.79 Å². The average molecular weight is 549 g/mol. The van der Waals surface area contributed by atoms with Crippen LogP contribution in [0.4, 0.5) is 0 Å². The molecule has 5 rings (SSSR count). The zero-order valence-corrected chi connectivity index (χ0v) is 23.6. The van der Waals surface area contributed by atoms with E-state index in [1.165, 1.54) is 29.4 Å². The van der Waals surface area contributed by atoms with Gasteiger partial charge in [0, 0.05) is 13.5 Å². The summed E-state index contributed by atoms with van der Waals surface area (Å²) in [6.07, 6.45) is 5.79. The van der Waals surface area contributed by atoms with E-state index in [9.17, 15) is 9.90 Å². The Balaban J connectivity index is 1.32. The van der Waals surface area contributed by atoms with Crippen molar-refractivity contribution in [3.8, 4) is 16.9 Å². The summed E-state index contributed by atoms with van der Waals surface area (Å²) in [6.45, 7) is 3.00. The maximum Gasteiger partial charge on any atom is 0.333 e. The molecule has 1 N–H and O–H groups in total. The molecule has 0 saturated heterocycles. The van der Waals surface area contributed by atoms with E-state index >= 15 is 0 Å². The zero-order valence-electron chi connectivity index (χ0n) is 23.6. The molecule has 0 heterocycles. The van der Waals surface area contributed by atoms with E-state index in [0.717, 1.165) is 35.1 Å². The van der Waals surface area contributed by atoms with Gasteiger partial charge < -0.3 is 19.3 Å². The summed E-state index contributed by atoms with van der Waals surface area (Å²) in [6, 6.07) is 31.2. The number of fused-ring (bicyclic) bond motifs is 2.